The van der Waals surface area contributed by atoms with E-state index in [2.05, 4.69) is 0 Å². The number of hydrogen-bond acceptors (Lipinski definition) is 2. The molecule has 1 N–H and O–H groups in total. The second-order valence-corrected chi connectivity index (χ2v) is 3.07. The standard InChI is InChI=1S/C12H11NO2/c1-2-9-3-5-10(6-4-9)7-11(8-13)12(14)15/h3-7H,2H2,1H3,(H,14,15)/b11-7+. The number of nitriles is 1. The van der Waals surface area contributed by atoms with Crippen molar-refractivity contribution in [1.29, 1.82) is 5.26 Å². The normalized spacial score (nSPS) is 10.8. The molecule has 0 saturated heterocycles. The van der Waals surface area contributed by atoms with Gasteiger partial charge in [0, 0.05) is 0 Å². The fourth-order valence-corrected chi connectivity index (χ4v) is 1.16. The number of rotatable bonds is 3. The molecule has 0 atom stereocenters. The van der Waals surface area contributed by atoms with Crippen LogP contribution in [0.1, 0.15) is 18.1 Å². The molecule has 0 fully saturated rings. The van der Waals surface area contributed by atoms with E-state index in [0.29, 0.717) is 0 Å². The van der Waals surface area contributed by atoms with Gasteiger partial charge in [0.2, 0.25) is 0 Å². The minimum atomic E-state index is -1.20. The van der Waals surface area contributed by atoms with Gasteiger partial charge in [-0.15, -0.1) is 0 Å². The lowest BCUT2D eigenvalue weighted by atomic mass is 10.1. The number of aryl methyl sites for hydroxylation is 1. The van der Waals surface area contributed by atoms with Gasteiger partial charge in [0.25, 0.3) is 0 Å². The van der Waals surface area contributed by atoms with Crippen LogP contribution in [0.15, 0.2) is 29.8 Å². The van der Waals surface area contributed by atoms with E-state index in [-0.39, 0.29) is 5.57 Å². The molecule has 0 unspecified atom stereocenters. The van der Waals surface area contributed by atoms with Gasteiger partial charge in [-0.1, -0.05) is 31.2 Å². The van der Waals surface area contributed by atoms with Gasteiger partial charge in [-0.2, -0.15) is 5.26 Å². The predicted molar refractivity (Wildman–Crippen MR) is 57.0 cm³/mol. The topological polar surface area (TPSA) is 61.1 Å². The second-order valence-electron chi connectivity index (χ2n) is 3.07. The molecule has 0 spiro atoms. The number of benzene rings is 1. The minimum absolute atomic E-state index is 0.251. The monoisotopic (exact) mass is 201 g/mol. The molecule has 1 aromatic rings. The van der Waals surface area contributed by atoms with Crippen molar-refractivity contribution in [2.24, 2.45) is 0 Å². The fraction of sp³-hybridized carbons (Fsp3) is 0.167. The predicted octanol–water partition coefficient (Wildman–Crippen LogP) is 2.24. The number of nitrogens with zero attached hydrogens (tertiary/aromatic N) is 1. The molecule has 1 aromatic carbocycles. The lowest BCUT2D eigenvalue weighted by molar-refractivity contribution is -0.132. The van der Waals surface area contributed by atoms with Crippen LogP contribution in [0.4, 0.5) is 0 Å². The second kappa shape index (κ2) is 4.97. The molecule has 15 heavy (non-hydrogen) atoms. The Kier molecular flexibility index (Phi) is 3.64. The molecule has 0 heterocycles. The number of carboxylic acid groups (broad SMARTS) is 1. The molecule has 1 rings (SSSR count). The molecule has 0 aliphatic carbocycles. The SMILES string of the molecule is CCc1ccc(/C=C(\C#N)C(=O)O)cc1. The number of hydrogen-bond donors (Lipinski definition) is 1. The molecule has 0 aliphatic rings. The van der Waals surface area contributed by atoms with Gasteiger partial charge in [0.05, 0.1) is 0 Å². The van der Waals surface area contributed by atoms with Crippen molar-refractivity contribution in [2.75, 3.05) is 0 Å². The summed E-state index contributed by atoms with van der Waals surface area (Å²) in [6.07, 6.45) is 2.30. The summed E-state index contributed by atoms with van der Waals surface area (Å²) in [4.78, 5) is 10.6. The van der Waals surface area contributed by atoms with E-state index in [1.807, 2.05) is 19.1 Å². The molecule has 76 valence electrons. The van der Waals surface area contributed by atoms with E-state index < -0.39 is 5.97 Å². The Morgan fingerprint density at radius 2 is 2.07 bits per heavy atom. The molecule has 0 aliphatic heterocycles. The van der Waals surface area contributed by atoms with Crippen LogP contribution in [0.5, 0.6) is 0 Å². The van der Waals surface area contributed by atoms with Crippen LogP contribution in [0.25, 0.3) is 6.08 Å². The summed E-state index contributed by atoms with van der Waals surface area (Å²) in [5.74, 6) is -1.20. The molecule has 3 heteroatoms. The summed E-state index contributed by atoms with van der Waals surface area (Å²) in [7, 11) is 0. The van der Waals surface area contributed by atoms with E-state index >= 15 is 0 Å². The highest BCUT2D eigenvalue weighted by atomic mass is 16.4. The average Bonchev–Trinajstić information content (AvgIpc) is 2.26. The zero-order valence-electron chi connectivity index (χ0n) is 8.40. The van der Waals surface area contributed by atoms with Crippen molar-refractivity contribution in [3.63, 3.8) is 0 Å². The lowest BCUT2D eigenvalue weighted by Crippen LogP contribution is -1.97. The number of carbonyl (C=O) groups is 1. The van der Waals surface area contributed by atoms with Gasteiger partial charge < -0.3 is 5.11 Å². The highest BCUT2D eigenvalue weighted by Crippen LogP contribution is 2.09. The summed E-state index contributed by atoms with van der Waals surface area (Å²) >= 11 is 0. The lowest BCUT2D eigenvalue weighted by Gasteiger charge is -1.97. The van der Waals surface area contributed by atoms with Gasteiger partial charge in [0.15, 0.2) is 0 Å². The van der Waals surface area contributed by atoms with E-state index in [9.17, 15) is 4.79 Å². The Bertz CT molecular complexity index is 424. The van der Waals surface area contributed by atoms with Crippen LogP contribution in [-0.4, -0.2) is 11.1 Å². The zero-order chi connectivity index (χ0) is 11.3. The smallest absolute Gasteiger partial charge is 0.346 e. The van der Waals surface area contributed by atoms with Crippen LogP contribution in [-0.2, 0) is 11.2 Å². The minimum Gasteiger partial charge on any atom is -0.477 e. The summed E-state index contributed by atoms with van der Waals surface area (Å²) in [5, 5.41) is 17.2. The van der Waals surface area contributed by atoms with E-state index in [4.69, 9.17) is 10.4 Å². The summed E-state index contributed by atoms with van der Waals surface area (Å²) in [6.45, 7) is 2.04. The van der Waals surface area contributed by atoms with Crippen molar-refractivity contribution in [3.8, 4) is 6.07 Å². The van der Waals surface area contributed by atoms with Gasteiger partial charge in [-0.05, 0) is 23.6 Å². The Morgan fingerprint density at radius 1 is 1.47 bits per heavy atom. The van der Waals surface area contributed by atoms with Crippen LogP contribution in [0.2, 0.25) is 0 Å². The van der Waals surface area contributed by atoms with Crippen molar-refractivity contribution in [1.82, 2.24) is 0 Å². The van der Waals surface area contributed by atoms with E-state index in [1.165, 1.54) is 11.6 Å². The van der Waals surface area contributed by atoms with Crippen LogP contribution < -0.4 is 0 Å². The van der Waals surface area contributed by atoms with E-state index in [1.54, 1.807) is 18.2 Å². The summed E-state index contributed by atoms with van der Waals surface area (Å²) in [6, 6.07) is 9.09. The van der Waals surface area contributed by atoms with Gasteiger partial charge in [0.1, 0.15) is 11.6 Å². The van der Waals surface area contributed by atoms with Crippen LogP contribution >= 0.6 is 0 Å². The van der Waals surface area contributed by atoms with Crippen LogP contribution in [0, 0.1) is 11.3 Å². The first-order chi connectivity index (χ1) is 7.17. The molecular formula is C12H11NO2. The maximum absolute atomic E-state index is 10.6. The average molecular weight is 201 g/mol. The molecular weight excluding hydrogens is 190 g/mol. The molecule has 0 bridgehead atoms. The Hall–Kier alpha value is -2.08. The highest BCUT2D eigenvalue weighted by molar-refractivity contribution is 5.96. The van der Waals surface area contributed by atoms with Crippen molar-refractivity contribution in [3.05, 3.63) is 41.0 Å². The van der Waals surface area contributed by atoms with Crippen molar-refractivity contribution >= 4 is 12.0 Å². The molecule has 0 radical (unpaired) electrons. The van der Waals surface area contributed by atoms with Crippen molar-refractivity contribution in [2.45, 2.75) is 13.3 Å². The third kappa shape index (κ3) is 2.96. The maximum Gasteiger partial charge on any atom is 0.346 e. The number of aliphatic carboxylic acids is 1. The summed E-state index contributed by atoms with van der Waals surface area (Å²) < 4.78 is 0. The Balaban J connectivity index is 2.98. The molecule has 0 amide bonds. The van der Waals surface area contributed by atoms with Gasteiger partial charge in [-0.3, -0.25) is 0 Å². The largest absolute Gasteiger partial charge is 0.477 e. The molecule has 3 nitrogen and oxygen atoms in total. The molecule has 0 saturated carbocycles. The quantitative estimate of drug-likeness (QED) is 0.602. The first-order valence-electron chi connectivity index (χ1n) is 4.61. The highest BCUT2D eigenvalue weighted by Gasteiger charge is 2.04. The fourth-order valence-electron chi connectivity index (χ4n) is 1.16. The van der Waals surface area contributed by atoms with E-state index in [0.717, 1.165) is 12.0 Å². The van der Waals surface area contributed by atoms with Gasteiger partial charge in [-0.25, -0.2) is 4.79 Å². The first kappa shape index (κ1) is 11.0. The molecule has 0 aromatic heterocycles. The number of carboxylic acids is 1. The first-order valence-corrected chi connectivity index (χ1v) is 4.61. The summed E-state index contributed by atoms with van der Waals surface area (Å²) in [5.41, 5.74) is 1.66. The van der Waals surface area contributed by atoms with Gasteiger partial charge >= 0.3 is 5.97 Å². The zero-order valence-corrected chi connectivity index (χ0v) is 8.40. The Labute approximate surface area is 88.3 Å². The Morgan fingerprint density at radius 3 is 2.47 bits per heavy atom. The van der Waals surface area contributed by atoms with Crippen LogP contribution in [0.3, 0.4) is 0 Å². The maximum atomic E-state index is 10.6. The van der Waals surface area contributed by atoms with Crippen molar-refractivity contribution < 1.29 is 9.90 Å². The third-order valence-electron chi connectivity index (χ3n) is 2.05. The third-order valence-corrected chi connectivity index (χ3v) is 2.05.